The van der Waals surface area contributed by atoms with Crippen LogP contribution in [0.3, 0.4) is 0 Å². The number of carboxylic acid groups (broad SMARTS) is 1. The molecule has 19 heavy (non-hydrogen) atoms. The fourth-order valence-corrected chi connectivity index (χ4v) is 4.09. The number of carboxylic acids is 1. The highest BCUT2D eigenvalue weighted by molar-refractivity contribution is 5.84. The first-order chi connectivity index (χ1) is 9.16. The highest BCUT2D eigenvalue weighted by Crippen LogP contribution is 2.42. The number of rotatable bonds is 2. The van der Waals surface area contributed by atoms with Crippen LogP contribution in [0.25, 0.3) is 0 Å². The Hall–Kier alpha value is -1.26. The summed E-state index contributed by atoms with van der Waals surface area (Å²) in [7, 11) is 0. The normalized spacial score (nSPS) is 34.5. The smallest absolute Gasteiger partial charge is 0.326 e. The van der Waals surface area contributed by atoms with E-state index in [1.807, 2.05) is 0 Å². The van der Waals surface area contributed by atoms with Gasteiger partial charge in [-0.05, 0) is 38.0 Å². The summed E-state index contributed by atoms with van der Waals surface area (Å²) < 4.78 is 0. The van der Waals surface area contributed by atoms with Crippen LogP contribution >= 0.6 is 0 Å². The summed E-state index contributed by atoms with van der Waals surface area (Å²) >= 11 is 0. The van der Waals surface area contributed by atoms with E-state index in [1.165, 1.54) is 19.3 Å². The number of nitrogens with one attached hydrogen (secondary N) is 1. The molecule has 2 amide bonds. The summed E-state index contributed by atoms with van der Waals surface area (Å²) in [6.07, 6.45) is 8.44. The van der Waals surface area contributed by atoms with Gasteiger partial charge in [0, 0.05) is 12.1 Å². The monoisotopic (exact) mass is 266 g/mol. The Labute approximate surface area is 113 Å². The topological polar surface area (TPSA) is 69.6 Å². The number of piperidine rings is 1. The lowest BCUT2D eigenvalue weighted by Crippen LogP contribution is -2.54. The quantitative estimate of drug-likeness (QED) is 0.802. The van der Waals surface area contributed by atoms with Crippen LogP contribution in [0, 0.1) is 5.92 Å². The maximum atomic E-state index is 12.4. The van der Waals surface area contributed by atoms with E-state index in [4.69, 9.17) is 0 Å². The van der Waals surface area contributed by atoms with Crippen molar-refractivity contribution in [3.63, 3.8) is 0 Å². The van der Waals surface area contributed by atoms with Gasteiger partial charge in [-0.15, -0.1) is 0 Å². The summed E-state index contributed by atoms with van der Waals surface area (Å²) in [6.45, 7) is 0. The molecule has 5 heteroatoms. The third kappa shape index (κ3) is 2.30. The second-order valence-electron chi connectivity index (χ2n) is 6.20. The zero-order chi connectivity index (χ0) is 13.4. The molecule has 0 radical (unpaired) electrons. The van der Waals surface area contributed by atoms with Crippen molar-refractivity contribution in [3.8, 4) is 0 Å². The van der Waals surface area contributed by atoms with Crippen molar-refractivity contribution in [3.05, 3.63) is 0 Å². The van der Waals surface area contributed by atoms with Gasteiger partial charge in [0.05, 0.1) is 0 Å². The van der Waals surface area contributed by atoms with Gasteiger partial charge in [0.15, 0.2) is 0 Å². The van der Waals surface area contributed by atoms with Crippen LogP contribution < -0.4 is 5.32 Å². The Balaban J connectivity index is 1.66. The lowest BCUT2D eigenvalue weighted by Gasteiger charge is -2.34. The summed E-state index contributed by atoms with van der Waals surface area (Å²) in [4.78, 5) is 25.4. The van der Waals surface area contributed by atoms with Crippen LogP contribution in [0.2, 0.25) is 0 Å². The number of hydrogen-bond donors (Lipinski definition) is 2. The average molecular weight is 266 g/mol. The van der Waals surface area contributed by atoms with Crippen molar-refractivity contribution in [1.29, 1.82) is 0 Å². The Morgan fingerprint density at radius 2 is 1.79 bits per heavy atom. The van der Waals surface area contributed by atoms with Crippen LogP contribution in [0.4, 0.5) is 4.79 Å². The molecule has 0 aromatic carbocycles. The second-order valence-corrected chi connectivity index (χ2v) is 6.20. The van der Waals surface area contributed by atoms with E-state index in [1.54, 1.807) is 4.90 Å². The lowest BCUT2D eigenvalue weighted by atomic mass is 9.95. The molecule has 1 saturated heterocycles. The van der Waals surface area contributed by atoms with Crippen LogP contribution in [0.15, 0.2) is 0 Å². The molecule has 0 spiro atoms. The number of fused-ring (bicyclic) bond motifs is 2. The molecule has 3 atom stereocenters. The third-order valence-electron chi connectivity index (χ3n) is 5.01. The predicted molar refractivity (Wildman–Crippen MR) is 69.8 cm³/mol. The Kier molecular flexibility index (Phi) is 3.37. The lowest BCUT2D eigenvalue weighted by molar-refractivity contribution is -0.143. The van der Waals surface area contributed by atoms with E-state index in [0.29, 0.717) is 0 Å². The summed E-state index contributed by atoms with van der Waals surface area (Å²) in [5, 5.41) is 12.4. The van der Waals surface area contributed by atoms with Crippen LogP contribution in [0.5, 0.6) is 0 Å². The van der Waals surface area contributed by atoms with Crippen molar-refractivity contribution < 1.29 is 14.7 Å². The van der Waals surface area contributed by atoms with Crippen molar-refractivity contribution in [2.24, 2.45) is 5.92 Å². The van der Waals surface area contributed by atoms with E-state index in [9.17, 15) is 14.7 Å². The molecule has 2 saturated carbocycles. The van der Waals surface area contributed by atoms with Gasteiger partial charge in [0.1, 0.15) is 6.04 Å². The number of carbonyl (C=O) groups excluding carboxylic acids is 1. The molecule has 1 heterocycles. The van der Waals surface area contributed by atoms with Gasteiger partial charge in [-0.1, -0.05) is 19.3 Å². The minimum Gasteiger partial charge on any atom is -0.480 e. The average Bonchev–Trinajstić information content (AvgIpc) is 2.99. The standard InChI is InChI=1S/C14H22N2O3/c17-13(18)12-9-6-7-11(8-9)16(12)14(19)15-10-4-2-1-3-5-10/h9-12H,1-8H2,(H,15,19)(H,17,18)/t9-,11-,12-/m1/s1. The minimum absolute atomic E-state index is 0.147. The van der Waals surface area contributed by atoms with Crippen molar-refractivity contribution >= 4 is 12.0 Å². The summed E-state index contributed by atoms with van der Waals surface area (Å²) in [5.74, 6) is -0.675. The Bertz CT molecular complexity index is 379. The fraction of sp³-hybridized carbons (Fsp3) is 0.857. The summed E-state index contributed by atoms with van der Waals surface area (Å²) in [6, 6.07) is -0.349. The van der Waals surface area contributed by atoms with E-state index >= 15 is 0 Å². The zero-order valence-electron chi connectivity index (χ0n) is 11.2. The minimum atomic E-state index is -0.842. The van der Waals surface area contributed by atoms with Crippen LogP contribution in [-0.2, 0) is 4.79 Å². The number of likely N-dealkylation sites (tertiary alicyclic amines) is 1. The number of nitrogens with zero attached hydrogens (tertiary/aromatic N) is 1. The molecule has 3 rings (SSSR count). The van der Waals surface area contributed by atoms with Crippen LogP contribution in [-0.4, -0.2) is 40.1 Å². The second kappa shape index (κ2) is 5.02. The zero-order valence-corrected chi connectivity index (χ0v) is 11.2. The molecule has 2 aliphatic carbocycles. The summed E-state index contributed by atoms with van der Waals surface area (Å²) in [5.41, 5.74) is 0. The van der Waals surface area contributed by atoms with E-state index in [2.05, 4.69) is 5.32 Å². The van der Waals surface area contributed by atoms with E-state index in [0.717, 1.165) is 32.1 Å². The van der Waals surface area contributed by atoms with Crippen molar-refractivity contribution in [1.82, 2.24) is 10.2 Å². The molecule has 3 fully saturated rings. The van der Waals surface area contributed by atoms with Crippen LogP contribution in [0.1, 0.15) is 51.4 Å². The highest BCUT2D eigenvalue weighted by Gasteiger charge is 2.51. The molecular formula is C14H22N2O3. The largest absolute Gasteiger partial charge is 0.480 e. The number of urea groups is 1. The predicted octanol–water partition coefficient (Wildman–Crippen LogP) is 1.97. The number of aliphatic carboxylic acids is 1. The van der Waals surface area contributed by atoms with Gasteiger partial charge in [0.25, 0.3) is 0 Å². The fourth-order valence-electron chi connectivity index (χ4n) is 4.09. The third-order valence-corrected chi connectivity index (χ3v) is 5.01. The number of hydrogen-bond acceptors (Lipinski definition) is 2. The SMILES string of the molecule is O=C(O)[C@H]1[C@@H]2CC[C@H](C2)N1C(=O)NC1CCCCC1. The molecule has 0 unspecified atom stereocenters. The van der Waals surface area contributed by atoms with Gasteiger partial charge in [-0.3, -0.25) is 0 Å². The molecule has 1 aliphatic heterocycles. The van der Waals surface area contributed by atoms with Crippen molar-refractivity contribution in [2.75, 3.05) is 0 Å². The van der Waals surface area contributed by atoms with Crippen molar-refractivity contribution in [2.45, 2.75) is 69.5 Å². The first-order valence-electron chi connectivity index (χ1n) is 7.48. The van der Waals surface area contributed by atoms with Gasteiger partial charge >= 0.3 is 12.0 Å². The number of amides is 2. The molecule has 2 N–H and O–H groups in total. The molecule has 2 bridgehead atoms. The Morgan fingerprint density at radius 1 is 1.05 bits per heavy atom. The Morgan fingerprint density at radius 3 is 2.47 bits per heavy atom. The number of carbonyl (C=O) groups is 2. The highest BCUT2D eigenvalue weighted by atomic mass is 16.4. The molecule has 0 aromatic heterocycles. The maximum absolute atomic E-state index is 12.4. The molecule has 5 nitrogen and oxygen atoms in total. The first kappa shape index (κ1) is 12.8. The first-order valence-corrected chi connectivity index (χ1v) is 7.48. The molecule has 106 valence electrons. The van der Waals surface area contributed by atoms with Gasteiger partial charge in [0.2, 0.25) is 0 Å². The van der Waals surface area contributed by atoms with Gasteiger partial charge < -0.3 is 15.3 Å². The molecule has 0 aromatic rings. The maximum Gasteiger partial charge on any atom is 0.326 e. The molecule has 3 aliphatic rings. The molecular weight excluding hydrogens is 244 g/mol. The van der Waals surface area contributed by atoms with E-state index in [-0.39, 0.29) is 24.0 Å². The van der Waals surface area contributed by atoms with E-state index < -0.39 is 12.0 Å². The van der Waals surface area contributed by atoms with Gasteiger partial charge in [-0.25, -0.2) is 9.59 Å². The van der Waals surface area contributed by atoms with Gasteiger partial charge in [-0.2, -0.15) is 0 Å².